The van der Waals surface area contributed by atoms with Gasteiger partial charge in [0.25, 0.3) is 0 Å². The van der Waals surface area contributed by atoms with Crippen molar-refractivity contribution < 1.29 is 46.8 Å². The molecule has 0 aromatic rings. The Labute approximate surface area is 138 Å². The van der Waals surface area contributed by atoms with Crippen molar-refractivity contribution in [2.75, 3.05) is 0 Å². The van der Waals surface area contributed by atoms with Gasteiger partial charge in [-0.1, -0.05) is 21.6 Å². The molecule has 0 saturated heterocycles. The summed E-state index contributed by atoms with van der Waals surface area (Å²) in [7, 11) is 0. The minimum absolute atomic E-state index is 0. The van der Waals surface area contributed by atoms with Crippen LogP contribution >= 0.6 is 0 Å². The molecular weight excluding hydrogens is 410 g/mol. The molecule has 0 aliphatic rings. The third-order valence-corrected chi connectivity index (χ3v) is 0. The summed E-state index contributed by atoms with van der Waals surface area (Å²) in [5.41, 5.74) is 0. The number of rotatable bonds is 0. The molecule has 0 aliphatic heterocycles. The number of hydrogen-bond acceptors (Lipinski definition) is 8. The van der Waals surface area contributed by atoms with Crippen molar-refractivity contribution in [2.24, 2.45) is 0 Å². The van der Waals surface area contributed by atoms with E-state index >= 15 is 0 Å². The van der Waals surface area contributed by atoms with Crippen molar-refractivity contribution in [2.45, 2.75) is 0 Å². The van der Waals surface area contributed by atoms with Crippen molar-refractivity contribution in [1.29, 1.82) is 21.0 Å². The van der Waals surface area contributed by atoms with Crippen molar-refractivity contribution in [1.82, 2.24) is 0 Å². The maximum absolute atomic E-state index is 7.13. The molecule has 14 heavy (non-hydrogen) atoms. The number of nitrogens with zero attached hydrogens (tertiary/aromatic N) is 4. The Morgan fingerprint density at radius 1 is 0.571 bits per heavy atom. The van der Waals surface area contributed by atoms with Gasteiger partial charge in [0, 0.05) is 0 Å². The molecule has 0 atom stereocenters. The Hall–Kier alpha value is 0.385. The van der Waals surface area contributed by atoms with Gasteiger partial charge < -0.3 is 50.5 Å². The second-order valence-corrected chi connectivity index (χ2v) is 1.10. The van der Waals surface area contributed by atoms with Gasteiger partial charge in [0.1, 0.15) is 0 Å². The standard InChI is InChI=1S/4CHNS.Cd.Zn/c4*2-1-3;;/h4*3H;;/q;;;;2*+2/p-4. The smallest absolute Gasteiger partial charge is 0.696 e. The van der Waals surface area contributed by atoms with Crippen LogP contribution in [0.2, 0.25) is 0 Å². The van der Waals surface area contributed by atoms with Crippen molar-refractivity contribution in [3.05, 3.63) is 0 Å². The largest absolute Gasteiger partial charge is 2.00 e. The molecule has 4 nitrogen and oxygen atoms in total. The Kier molecular flexibility index (Phi) is 280. The molecule has 64 valence electrons. The van der Waals surface area contributed by atoms with Crippen molar-refractivity contribution in [3.63, 3.8) is 0 Å². The predicted molar refractivity (Wildman–Crippen MR) is 51.9 cm³/mol. The Morgan fingerprint density at radius 2 is 0.571 bits per heavy atom. The summed E-state index contributed by atoms with van der Waals surface area (Å²) in [5.74, 6) is 0. The first kappa shape index (κ1) is 36.7. The van der Waals surface area contributed by atoms with Crippen LogP contribution in [0.15, 0.2) is 0 Å². The zero-order valence-electron chi connectivity index (χ0n) is 6.84. The molecule has 0 bridgehead atoms. The fourth-order valence-corrected chi connectivity index (χ4v) is 0. The fourth-order valence-electron chi connectivity index (χ4n) is 0. The molecular formula is C4CdN4S4Zn. The molecule has 0 aliphatic carbocycles. The number of hydrogen-bond donors (Lipinski definition) is 0. The van der Waals surface area contributed by atoms with E-state index in [1.807, 2.05) is 0 Å². The molecule has 0 N–H and O–H groups in total. The van der Waals surface area contributed by atoms with Gasteiger partial charge in [0.15, 0.2) is 0 Å². The van der Waals surface area contributed by atoms with Gasteiger partial charge in [-0.3, -0.25) is 0 Å². The fraction of sp³-hybridized carbons (Fsp3) is 0. The molecule has 10 heteroatoms. The van der Waals surface area contributed by atoms with E-state index in [-0.39, 0.29) is 46.8 Å². The topological polar surface area (TPSA) is 95.2 Å². The van der Waals surface area contributed by atoms with E-state index in [1.165, 1.54) is 21.6 Å². The van der Waals surface area contributed by atoms with Gasteiger partial charge in [-0.15, -0.1) is 0 Å². The Morgan fingerprint density at radius 3 is 0.571 bits per heavy atom. The molecule has 0 unspecified atom stereocenters. The number of thiocyanates is 4. The third kappa shape index (κ3) is 10800. The summed E-state index contributed by atoms with van der Waals surface area (Å²) in [6.07, 6.45) is 0. The Bertz CT molecular complexity index is 163. The second-order valence-electron chi connectivity index (χ2n) is 0.365. The minimum Gasteiger partial charge on any atom is -0.696 e. The summed E-state index contributed by atoms with van der Waals surface area (Å²) < 4.78 is 0. The minimum atomic E-state index is 0. The van der Waals surface area contributed by atoms with Gasteiger partial charge >= 0.3 is 46.8 Å². The van der Waals surface area contributed by atoms with Crippen LogP contribution in [-0.4, -0.2) is 0 Å². The predicted octanol–water partition coefficient (Wildman–Crippen LogP) is 0.0525. The summed E-state index contributed by atoms with van der Waals surface area (Å²) in [6, 6.07) is 0. The van der Waals surface area contributed by atoms with Crippen molar-refractivity contribution in [3.8, 4) is 21.6 Å². The molecule has 0 aromatic heterocycles. The SMILES string of the molecule is N#C[S-].N#C[S-].N#C[S-].N#C[S-].[Cd+2].[Zn+2]. The molecule has 0 heterocycles. The van der Waals surface area contributed by atoms with Gasteiger partial charge in [0.2, 0.25) is 0 Å². The van der Waals surface area contributed by atoms with E-state index in [9.17, 15) is 0 Å². The molecule has 0 amide bonds. The van der Waals surface area contributed by atoms with Crippen LogP contribution in [-0.2, 0) is 97.3 Å². The molecule has 0 aromatic carbocycles. The maximum atomic E-state index is 7.13. The average Bonchev–Trinajstić information content (AvgIpc) is 1.92. The summed E-state index contributed by atoms with van der Waals surface area (Å²) >= 11 is 14.8. The van der Waals surface area contributed by atoms with Crippen LogP contribution in [0.5, 0.6) is 0 Å². The van der Waals surface area contributed by atoms with E-state index in [0.29, 0.717) is 0 Å². The van der Waals surface area contributed by atoms with Gasteiger partial charge in [-0.05, 0) is 0 Å². The number of nitriles is 4. The van der Waals surface area contributed by atoms with Crippen LogP contribution < -0.4 is 0 Å². The summed E-state index contributed by atoms with van der Waals surface area (Å²) in [6.45, 7) is 0. The summed E-state index contributed by atoms with van der Waals surface area (Å²) in [4.78, 5) is 0. The summed E-state index contributed by atoms with van der Waals surface area (Å²) in [5, 5.41) is 33.9. The van der Waals surface area contributed by atoms with Gasteiger partial charge in [-0.25, -0.2) is 21.0 Å². The first-order valence-electron chi connectivity index (χ1n) is 1.71. The van der Waals surface area contributed by atoms with Crippen LogP contribution in [0.25, 0.3) is 0 Å². The molecule has 0 fully saturated rings. The first-order valence-corrected chi connectivity index (χ1v) is 3.34. The van der Waals surface area contributed by atoms with Gasteiger partial charge in [0.05, 0.1) is 0 Å². The van der Waals surface area contributed by atoms with Crippen LogP contribution in [0.1, 0.15) is 0 Å². The van der Waals surface area contributed by atoms with Crippen LogP contribution in [0.4, 0.5) is 0 Å². The zero-order valence-corrected chi connectivity index (χ0v) is 17.1. The van der Waals surface area contributed by atoms with E-state index < -0.39 is 0 Å². The van der Waals surface area contributed by atoms with Crippen LogP contribution in [0, 0.1) is 42.7 Å². The second kappa shape index (κ2) is 107. The van der Waals surface area contributed by atoms with E-state index in [2.05, 4.69) is 50.5 Å². The Balaban J connectivity index is -0.0000000145. The monoisotopic (exact) mass is 410 g/mol. The van der Waals surface area contributed by atoms with Crippen LogP contribution in [0.3, 0.4) is 0 Å². The van der Waals surface area contributed by atoms with E-state index in [4.69, 9.17) is 21.0 Å². The molecule has 0 spiro atoms. The molecule has 0 rings (SSSR count). The maximum Gasteiger partial charge on any atom is 2.00 e. The van der Waals surface area contributed by atoms with E-state index in [0.717, 1.165) is 0 Å². The third-order valence-electron chi connectivity index (χ3n) is 0. The van der Waals surface area contributed by atoms with E-state index in [1.54, 1.807) is 0 Å². The van der Waals surface area contributed by atoms with Gasteiger partial charge in [-0.2, -0.15) is 0 Å². The molecule has 0 radical (unpaired) electrons. The average molecular weight is 410 g/mol. The van der Waals surface area contributed by atoms with Crippen molar-refractivity contribution >= 4 is 50.5 Å². The quantitative estimate of drug-likeness (QED) is 0.314. The molecule has 0 saturated carbocycles. The zero-order chi connectivity index (χ0) is 10.8. The first-order chi connectivity index (χ1) is 5.66. The normalized spacial score (nSPS) is 2.00.